The molecule has 3 rings (SSSR count). The van der Waals surface area contributed by atoms with Crippen molar-refractivity contribution >= 4 is 83.8 Å². The third-order valence-electron chi connectivity index (χ3n) is 6.51. The first kappa shape index (κ1) is 43.7. The van der Waals surface area contributed by atoms with Gasteiger partial charge in [-0.25, -0.2) is 28.6 Å². The molecule has 0 saturated carbocycles. The van der Waals surface area contributed by atoms with Crippen LogP contribution >= 0.6 is 36.1 Å². The van der Waals surface area contributed by atoms with Crippen LogP contribution in [0.2, 0.25) is 0 Å². The molecule has 1 aliphatic heterocycles. The Balaban J connectivity index is 0.00000833. The molecule has 2 aromatic heterocycles. The number of fused-ring (bicyclic) bond motifs is 1. The molecule has 49 heavy (non-hydrogen) atoms. The SMILES string of the molecule is CC(C)(COP(=O)(O)OP(=O)(O)OCC1OC(n2cnc3c(N)ncnc32)C(O)C1OP(=O)(O)O)C(O)C(=O)NCCC(=O)NCCS.[Li]. The molecule has 1 radical (unpaired) electrons. The fourth-order valence-electron chi connectivity index (χ4n) is 4.14. The van der Waals surface area contributed by atoms with Gasteiger partial charge in [-0.05, 0) is 0 Å². The largest absolute Gasteiger partial charge is 0.481 e. The van der Waals surface area contributed by atoms with Crippen molar-refractivity contribution in [3.8, 4) is 0 Å². The quantitative estimate of drug-likeness (QED) is 0.0443. The number of carbonyl (C=O) groups excluding carboxylic acids is 2. The summed E-state index contributed by atoms with van der Waals surface area (Å²) < 4.78 is 61.7. The Morgan fingerprint density at radius 3 is 2.39 bits per heavy atom. The maximum Gasteiger partial charge on any atom is 0.481 e. The predicted octanol–water partition coefficient (Wildman–Crippen LogP) is -2.05. The Kier molecular flexibility index (Phi) is 15.9. The van der Waals surface area contributed by atoms with Crippen molar-refractivity contribution in [1.82, 2.24) is 30.2 Å². The van der Waals surface area contributed by atoms with Gasteiger partial charge in [0.25, 0.3) is 0 Å². The number of anilines is 1. The molecule has 2 aromatic rings. The predicted molar refractivity (Wildman–Crippen MR) is 169 cm³/mol. The van der Waals surface area contributed by atoms with Crippen LogP contribution in [0.4, 0.5) is 5.82 Å². The smallest absolute Gasteiger partial charge is 0.386 e. The summed E-state index contributed by atoms with van der Waals surface area (Å²) >= 11 is 3.95. The second kappa shape index (κ2) is 17.8. The fraction of sp³-hybridized carbons (Fsp3) is 0.667. The van der Waals surface area contributed by atoms with Crippen molar-refractivity contribution in [2.24, 2.45) is 5.41 Å². The Bertz CT molecular complexity index is 1600. The van der Waals surface area contributed by atoms with Crippen LogP contribution in [0.1, 0.15) is 26.5 Å². The van der Waals surface area contributed by atoms with E-state index in [0.29, 0.717) is 12.3 Å². The van der Waals surface area contributed by atoms with Gasteiger partial charge in [-0.3, -0.25) is 27.7 Å². The van der Waals surface area contributed by atoms with Gasteiger partial charge in [0, 0.05) is 49.5 Å². The van der Waals surface area contributed by atoms with E-state index in [1.165, 1.54) is 13.8 Å². The van der Waals surface area contributed by atoms with Crippen molar-refractivity contribution < 1.29 is 75.7 Å². The number of aromatic nitrogens is 4. The summed E-state index contributed by atoms with van der Waals surface area (Å²) in [7, 11) is -16.3. The van der Waals surface area contributed by atoms with Gasteiger partial charge < -0.3 is 50.9 Å². The summed E-state index contributed by atoms with van der Waals surface area (Å²) in [6, 6.07) is 0. The average molecular weight is 774 g/mol. The van der Waals surface area contributed by atoms with E-state index in [0.717, 1.165) is 17.2 Å². The molecule has 0 bridgehead atoms. The number of hydrogen-bond acceptors (Lipinski definition) is 17. The summed E-state index contributed by atoms with van der Waals surface area (Å²) in [5.41, 5.74) is 4.30. The number of imidazole rings is 1. The standard InChI is InChI=1S/C21H36N7O16P3S.Li/c1-21(2,16(31)19(32)24-4-3-12(29)23-5-6-48)8-41-47(38,39)44-46(36,37)40-7-11-15(43-45(33,34)35)14(30)20(42-11)28-10-27-13-17(22)25-9-26-18(13)28;/h9-11,14-16,20,30-31,48H,3-8H2,1-2H3,(H,23,29)(H,24,32)(H,36,37)(H,38,39)(H2,22,25,26)(H2,33,34,35);. The van der Waals surface area contributed by atoms with E-state index in [1.807, 2.05) is 0 Å². The average Bonchev–Trinajstić information content (AvgIpc) is 3.54. The molecule has 7 unspecified atom stereocenters. The summed E-state index contributed by atoms with van der Waals surface area (Å²) in [6.07, 6.45) is -6.74. The zero-order valence-corrected chi connectivity index (χ0v) is 29.8. The molecule has 23 nitrogen and oxygen atoms in total. The Labute approximate surface area is 295 Å². The molecular weight excluding hydrogens is 738 g/mol. The number of phosphoric acid groups is 3. The number of nitrogen functional groups attached to an aromatic ring is 1. The Morgan fingerprint density at radius 2 is 1.76 bits per heavy atom. The van der Waals surface area contributed by atoms with Gasteiger partial charge in [0.2, 0.25) is 11.8 Å². The van der Waals surface area contributed by atoms with Crippen LogP contribution in [0.5, 0.6) is 0 Å². The second-order valence-corrected chi connectivity index (χ2v) is 15.5. The summed E-state index contributed by atoms with van der Waals surface area (Å²) in [5.74, 6) is -0.943. The minimum atomic E-state index is -5.54. The van der Waals surface area contributed by atoms with E-state index in [9.17, 15) is 53.1 Å². The Hall–Kier alpha value is -1.51. The summed E-state index contributed by atoms with van der Waals surface area (Å²) in [4.78, 5) is 74.6. The molecule has 7 atom stereocenters. The number of aliphatic hydroxyl groups excluding tert-OH is 2. The zero-order chi connectivity index (χ0) is 36.1. The van der Waals surface area contributed by atoms with Crippen LogP contribution in [0.15, 0.2) is 12.7 Å². The van der Waals surface area contributed by atoms with E-state index in [-0.39, 0.29) is 54.7 Å². The number of nitrogens with two attached hydrogens (primary N) is 1. The fourth-order valence-corrected chi connectivity index (χ4v) is 7.08. The van der Waals surface area contributed by atoms with Crippen molar-refractivity contribution in [2.75, 3.05) is 37.8 Å². The van der Waals surface area contributed by atoms with Gasteiger partial charge in [0.05, 0.1) is 19.5 Å². The van der Waals surface area contributed by atoms with Gasteiger partial charge in [0.15, 0.2) is 17.7 Å². The topological polar surface area (TPSA) is 347 Å². The van der Waals surface area contributed by atoms with E-state index < -0.39 is 78.6 Å². The molecule has 10 N–H and O–H groups in total. The summed E-state index contributed by atoms with van der Waals surface area (Å²) in [6.45, 7) is 0.723. The monoisotopic (exact) mass is 774 g/mol. The van der Waals surface area contributed by atoms with Crippen molar-refractivity contribution in [3.63, 3.8) is 0 Å². The Morgan fingerprint density at radius 1 is 1.10 bits per heavy atom. The number of thiol groups is 1. The van der Waals surface area contributed by atoms with Gasteiger partial charge in [-0.15, -0.1) is 0 Å². The molecule has 2 amide bonds. The first-order valence-corrected chi connectivity index (χ1v) is 18.8. The molecular formula is C21H36LiN7O16P3S. The number of carbonyl (C=O) groups is 2. The van der Waals surface area contributed by atoms with Gasteiger partial charge in [0.1, 0.15) is 36.3 Å². The molecule has 0 spiro atoms. The van der Waals surface area contributed by atoms with Crippen LogP contribution in [-0.4, -0.2) is 136 Å². The van der Waals surface area contributed by atoms with Crippen molar-refractivity contribution in [3.05, 3.63) is 12.7 Å². The second-order valence-electron chi connectivity index (χ2n) is 10.8. The van der Waals surface area contributed by atoms with Crippen LogP contribution in [0.3, 0.4) is 0 Å². The number of phosphoric ester groups is 3. The van der Waals surface area contributed by atoms with Gasteiger partial charge in [-0.1, -0.05) is 13.8 Å². The minimum Gasteiger partial charge on any atom is -0.386 e. The number of ether oxygens (including phenoxy) is 1. The number of nitrogens with one attached hydrogen (secondary N) is 2. The van der Waals surface area contributed by atoms with Crippen LogP contribution in [-0.2, 0) is 45.9 Å². The van der Waals surface area contributed by atoms with E-state index >= 15 is 0 Å². The van der Waals surface area contributed by atoms with Gasteiger partial charge >= 0.3 is 23.5 Å². The minimum absolute atomic E-state index is 0. The third-order valence-corrected chi connectivity index (χ3v) is 9.83. The third kappa shape index (κ3) is 12.6. The number of amides is 2. The van der Waals surface area contributed by atoms with E-state index in [1.54, 1.807) is 0 Å². The first-order valence-electron chi connectivity index (χ1n) is 13.7. The molecule has 28 heteroatoms. The number of aliphatic hydroxyl groups is 2. The number of hydrogen-bond donors (Lipinski definition) is 10. The number of nitrogens with zero attached hydrogens (tertiary/aromatic N) is 4. The first-order chi connectivity index (χ1) is 22.2. The zero-order valence-electron chi connectivity index (χ0n) is 26.2. The van der Waals surface area contributed by atoms with Crippen molar-refractivity contribution in [2.45, 2.75) is 50.9 Å². The van der Waals surface area contributed by atoms with Crippen LogP contribution < -0.4 is 16.4 Å². The molecule has 1 aliphatic rings. The van der Waals surface area contributed by atoms with Crippen LogP contribution in [0.25, 0.3) is 11.2 Å². The molecule has 0 aromatic carbocycles. The maximum atomic E-state index is 12.6. The normalized spacial score (nSPS) is 22.9. The van der Waals surface area contributed by atoms with Crippen molar-refractivity contribution in [1.29, 1.82) is 0 Å². The van der Waals surface area contributed by atoms with Crippen LogP contribution in [0, 0.1) is 5.41 Å². The molecule has 0 aliphatic carbocycles. The molecule has 3 heterocycles. The molecule has 273 valence electrons. The van der Waals surface area contributed by atoms with E-state index in [2.05, 4.69) is 47.0 Å². The number of rotatable bonds is 18. The summed E-state index contributed by atoms with van der Waals surface area (Å²) in [5, 5.41) is 26.1. The van der Waals surface area contributed by atoms with E-state index in [4.69, 9.17) is 19.5 Å². The van der Waals surface area contributed by atoms with Gasteiger partial charge in [-0.2, -0.15) is 16.9 Å². The molecule has 1 fully saturated rings. The maximum absolute atomic E-state index is 12.6. The molecule has 1 saturated heterocycles.